The molecule has 0 aliphatic carbocycles. The van der Waals surface area contributed by atoms with Gasteiger partial charge in [-0.25, -0.2) is 4.98 Å². The highest BCUT2D eigenvalue weighted by Crippen LogP contribution is 2.24. The molecule has 0 saturated heterocycles. The lowest BCUT2D eigenvalue weighted by Gasteiger charge is -2.08. The van der Waals surface area contributed by atoms with Crippen molar-refractivity contribution in [2.24, 2.45) is 0 Å². The highest BCUT2D eigenvalue weighted by atomic mass is 16.5. The number of nitrogens with zero attached hydrogens (tertiary/aromatic N) is 3. The molecule has 0 unspecified atom stereocenters. The zero-order chi connectivity index (χ0) is 12.1. The van der Waals surface area contributed by atoms with Gasteiger partial charge in [0.25, 0.3) is 0 Å². The third-order valence-electron chi connectivity index (χ3n) is 2.17. The van der Waals surface area contributed by atoms with Crippen LogP contribution < -0.4 is 10.1 Å². The van der Waals surface area contributed by atoms with Crippen LogP contribution in [-0.2, 0) is 0 Å². The first-order valence-corrected chi connectivity index (χ1v) is 4.94. The number of hydrogen-bond acceptors (Lipinski definition) is 5. The van der Waals surface area contributed by atoms with Gasteiger partial charge in [-0.15, -0.1) is 0 Å². The Balaban J connectivity index is 2.34. The molecule has 1 heterocycles. The first-order chi connectivity index (χ1) is 8.33. The molecule has 0 spiro atoms. The second kappa shape index (κ2) is 4.94. The van der Waals surface area contributed by atoms with E-state index < -0.39 is 0 Å². The van der Waals surface area contributed by atoms with Gasteiger partial charge in [0.2, 0.25) is 0 Å². The van der Waals surface area contributed by atoms with Crippen molar-refractivity contribution < 1.29 is 4.74 Å². The van der Waals surface area contributed by atoms with Crippen LogP contribution >= 0.6 is 0 Å². The van der Waals surface area contributed by atoms with Crippen LogP contribution in [0.15, 0.2) is 36.8 Å². The van der Waals surface area contributed by atoms with E-state index >= 15 is 0 Å². The Labute approximate surface area is 98.7 Å². The average Bonchev–Trinajstić information content (AvgIpc) is 2.40. The van der Waals surface area contributed by atoms with E-state index in [1.807, 2.05) is 0 Å². The SMILES string of the molecule is COc1ccc(C#N)c(Nc2cnccn2)c1. The monoisotopic (exact) mass is 226 g/mol. The van der Waals surface area contributed by atoms with Gasteiger partial charge in [-0.2, -0.15) is 5.26 Å². The fourth-order valence-electron chi connectivity index (χ4n) is 1.35. The van der Waals surface area contributed by atoms with Crippen LogP contribution in [0.1, 0.15) is 5.56 Å². The van der Waals surface area contributed by atoms with Crippen LogP contribution in [0.25, 0.3) is 0 Å². The molecule has 1 N–H and O–H groups in total. The van der Waals surface area contributed by atoms with Crippen LogP contribution in [0.4, 0.5) is 11.5 Å². The fourth-order valence-corrected chi connectivity index (χ4v) is 1.35. The number of rotatable bonds is 3. The van der Waals surface area contributed by atoms with Crippen LogP contribution in [0.3, 0.4) is 0 Å². The number of anilines is 2. The molecule has 0 bridgehead atoms. The molecule has 0 aliphatic heterocycles. The number of hydrogen-bond donors (Lipinski definition) is 1. The van der Waals surface area contributed by atoms with E-state index in [-0.39, 0.29) is 0 Å². The van der Waals surface area contributed by atoms with Crippen molar-refractivity contribution in [1.82, 2.24) is 9.97 Å². The maximum atomic E-state index is 8.99. The third-order valence-corrected chi connectivity index (χ3v) is 2.17. The number of nitrogens with one attached hydrogen (secondary N) is 1. The lowest BCUT2D eigenvalue weighted by molar-refractivity contribution is 0.415. The van der Waals surface area contributed by atoms with Gasteiger partial charge in [0.15, 0.2) is 0 Å². The third kappa shape index (κ3) is 2.49. The van der Waals surface area contributed by atoms with E-state index in [1.54, 1.807) is 43.9 Å². The van der Waals surface area contributed by atoms with E-state index in [9.17, 15) is 0 Å². The summed E-state index contributed by atoms with van der Waals surface area (Å²) < 4.78 is 5.11. The Morgan fingerprint density at radius 2 is 2.24 bits per heavy atom. The largest absolute Gasteiger partial charge is 0.497 e. The van der Waals surface area contributed by atoms with Gasteiger partial charge in [-0.1, -0.05) is 0 Å². The molecule has 5 heteroatoms. The van der Waals surface area contributed by atoms with Gasteiger partial charge in [0, 0.05) is 18.5 Å². The molecule has 0 aliphatic rings. The molecule has 84 valence electrons. The summed E-state index contributed by atoms with van der Waals surface area (Å²) in [4.78, 5) is 8.02. The lowest BCUT2D eigenvalue weighted by atomic mass is 10.2. The normalized spacial score (nSPS) is 9.41. The average molecular weight is 226 g/mol. The zero-order valence-electron chi connectivity index (χ0n) is 9.21. The van der Waals surface area contributed by atoms with Crippen LogP contribution in [-0.4, -0.2) is 17.1 Å². The summed E-state index contributed by atoms with van der Waals surface area (Å²) in [5, 5.41) is 12.0. The van der Waals surface area contributed by atoms with Crippen molar-refractivity contribution >= 4 is 11.5 Å². The van der Waals surface area contributed by atoms with E-state index in [0.29, 0.717) is 22.8 Å². The molecule has 1 aromatic carbocycles. The van der Waals surface area contributed by atoms with Crippen LogP contribution in [0.5, 0.6) is 5.75 Å². The van der Waals surface area contributed by atoms with Gasteiger partial charge < -0.3 is 10.1 Å². The molecule has 1 aromatic heterocycles. The minimum Gasteiger partial charge on any atom is -0.497 e. The lowest BCUT2D eigenvalue weighted by Crippen LogP contribution is -1.97. The maximum absolute atomic E-state index is 8.99. The molecule has 0 fully saturated rings. The Bertz CT molecular complexity index is 548. The number of methoxy groups -OCH3 is 1. The van der Waals surface area contributed by atoms with Gasteiger partial charge in [0.05, 0.1) is 24.6 Å². The summed E-state index contributed by atoms with van der Waals surface area (Å²) >= 11 is 0. The van der Waals surface area contributed by atoms with E-state index in [0.717, 1.165) is 0 Å². The molecule has 0 radical (unpaired) electrons. The number of nitriles is 1. The van der Waals surface area contributed by atoms with Crippen molar-refractivity contribution in [2.45, 2.75) is 0 Å². The van der Waals surface area contributed by atoms with E-state index in [2.05, 4.69) is 21.4 Å². The smallest absolute Gasteiger partial charge is 0.148 e. The molecule has 0 atom stereocenters. The predicted molar refractivity (Wildman–Crippen MR) is 63.0 cm³/mol. The van der Waals surface area contributed by atoms with Gasteiger partial charge in [-0.3, -0.25) is 4.98 Å². The zero-order valence-corrected chi connectivity index (χ0v) is 9.21. The highest BCUT2D eigenvalue weighted by molar-refractivity contribution is 5.66. The molecule has 0 amide bonds. The Hall–Kier alpha value is -2.61. The first-order valence-electron chi connectivity index (χ1n) is 4.94. The minimum absolute atomic E-state index is 0.524. The standard InChI is InChI=1S/C12H10N4O/c1-17-10-3-2-9(7-13)11(6-10)16-12-8-14-4-5-15-12/h2-6,8H,1H3,(H,15,16). The number of ether oxygens (including phenoxy) is 1. The van der Waals surface area contributed by atoms with Crippen molar-refractivity contribution in [3.05, 3.63) is 42.4 Å². The summed E-state index contributed by atoms with van der Waals surface area (Å²) in [6.07, 6.45) is 4.75. The van der Waals surface area contributed by atoms with E-state index in [1.165, 1.54) is 0 Å². The Kier molecular flexibility index (Phi) is 3.17. The van der Waals surface area contributed by atoms with Gasteiger partial charge in [0.1, 0.15) is 17.6 Å². The van der Waals surface area contributed by atoms with Crippen molar-refractivity contribution in [1.29, 1.82) is 5.26 Å². The van der Waals surface area contributed by atoms with E-state index in [4.69, 9.17) is 10.00 Å². The molecule has 0 saturated carbocycles. The van der Waals surface area contributed by atoms with Gasteiger partial charge in [-0.05, 0) is 12.1 Å². The summed E-state index contributed by atoms with van der Waals surface area (Å²) in [6, 6.07) is 7.27. The quantitative estimate of drug-likeness (QED) is 0.867. The highest BCUT2D eigenvalue weighted by Gasteiger charge is 2.04. The van der Waals surface area contributed by atoms with Crippen LogP contribution in [0.2, 0.25) is 0 Å². The van der Waals surface area contributed by atoms with Crippen molar-refractivity contribution in [3.63, 3.8) is 0 Å². The molecular formula is C12H10N4O. The van der Waals surface area contributed by atoms with Crippen molar-refractivity contribution in [2.75, 3.05) is 12.4 Å². The summed E-state index contributed by atoms with van der Waals surface area (Å²) in [5.74, 6) is 1.26. The second-order valence-electron chi connectivity index (χ2n) is 3.24. The van der Waals surface area contributed by atoms with Crippen LogP contribution in [0, 0.1) is 11.3 Å². The molecule has 2 aromatic rings. The fraction of sp³-hybridized carbons (Fsp3) is 0.0833. The minimum atomic E-state index is 0.524. The second-order valence-corrected chi connectivity index (χ2v) is 3.24. The first kappa shape index (κ1) is 10.9. The Morgan fingerprint density at radius 1 is 1.35 bits per heavy atom. The number of benzene rings is 1. The van der Waals surface area contributed by atoms with Gasteiger partial charge >= 0.3 is 0 Å². The summed E-state index contributed by atoms with van der Waals surface area (Å²) in [7, 11) is 1.58. The maximum Gasteiger partial charge on any atom is 0.148 e. The Morgan fingerprint density at radius 3 is 2.88 bits per heavy atom. The number of aromatic nitrogens is 2. The predicted octanol–water partition coefficient (Wildman–Crippen LogP) is 2.10. The molecule has 2 rings (SSSR count). The molecule has 5 nitrogen and oxygen atoms in total. The summed E-state index contributed by atoms with van der Waals surface area (Å²) in [6.45, 7) is 0. The topological polar surface area (TPSA) is 70.8 Å². The molecular weight excluding hydrogens is 216 g/mol. The summed E-state index contributed by atoms with van der Waals surface area (Å²) in [5.41, 5.74) is 1.17. The van der Waals surface area contributed by atoms with Crippen molar-refractivity contribution in [3.8, 4) is 11.8 Å². The molecule has 17 heavy (non-hydrogen) atoms.